The van der Waals surface area contributed by atoms with E-state index in [-0.39, 0.29) is 10.6 Å². The van der Waals surface area contributed by atoms with E-state index >= 15 is 0 Å². The van der Waals surface area contributed by atoms with Crippen molar-refractivity contribution >= 4 is 11.6 Å². The molecular weight excluding hydrogens is 317 g/mol. The standard InChI is InChI=1S/C17H19ClFN3O/c1-2-3-16-20-15-10-22(7-6-12(15)17(23)21-16)9-11-4-5-14(19)13(18)8-11/h4-5,8H,2-3,6-7,9-10H2,1H3,(H,20,21,23). The van der Waals surface area contributed by atoms with Gasteiger partial charge in [-0.3, -0.25) is 9.69 Å². The number of H-pyrrole nitrogens is 1. The van der Waals surface area contributed by atoms with Crippen LogP contribution in [-0.4, -0.2) is 21.4 Å². The fourth-order valence-corrected chi connectivity index (χ4v) is 3.13. The van der Waals surface area contributed by atoms with Gasteiger partial charge in [0.05, 0.1) is 10.7 Å². The summed E-state index contributed by atoms with van der Waals surface area (Å²) in [6.07, 6.45) is 2.40. The molecule has 2 heterocycles. The number of nitrogens with zero attached hydrogens (tertiary/aromatic N) is 2. The van der Waals surface area contributed by atoms with Gasteiger partial charge < -0.3 is 4.98 Å². The molecule has 0 saturated heterocycles. The summed E-state index contributed by atoms with van der Waals surface area (Å²) >= 11 is 5.84. The first-order valence-electron chi connectivity index (χ1n) is 7.84. The van der Waals surface area contributed by atoms with E-state index in [4.69, 9.17) is 11.6 Å². The molecule has 2 aromatic rings. The zero-order valence-corrected chi connectivity index (χ0v) is 13.8. The predicted molar refractivity (Wildman–Crippen MR) is 88.1 cm³/mol. The van der Waals surface area contributed by atoms with Gasteiger partial charge in [-0.2, -0.15) is 0 Å². The Bertz CT molecular complexity index is 775. The van der Waals surface area contributed by atoms with Gasteiger partial charge in [-0.05, 0) is 30.5 Å². The maximum atomic E-state index is 13.2. The maximum Gasteiger partial charge on any atom is 0.254 e. The van der Waals surface area contributed by atoms with Gasteiger partial charge in [0.25, 0.3) is 5.56 Å². The molecule has 1 aliphatic heterocycles. The van der Waals surface area contributed by atoms with Gasteiger partial charge in [-0.15, -0.1) is 0 Å². The third-order valence-electron chi connectivity index (χ3n) is 4.08. The molecule has 1 aromatic carbocycles. The normalized spacial score (nSPS) is 14.7. The number of benzene rings is 1. The highest BCUT2D eigenvalue weighted by Gasteiger charge is 2.21. The highest BCUT2D eigenvalue weighted by Crippen LogP contribution is 2.20. The van der Waals surface area contributed by atoms with Crippen molar-refractivity contribution in [2.24, 2.45) is 0 Å². The van der Waals surface area contributed by atoms with Crippen LogP contribution in [0.1, 0.15) is 36.0 Å². The minimum absolute atomic E-state index is 0.0112. The van der Waals surface area contributed by atoms with Crippen LogP contribution in [0.25, 0.3) is 0 Å². The molecule has 0 radical (unpaired) electrons. The Labute approximate surface area is 139 Å². The second-order valence-electron chi connectivity index (χ2n) is 5.90. The van der Waals surface area contributed by atoms with E-state index in [1.807, 2.05) is 0 Å². The molecule has 122 valence electrons. The molecule has 0 saturated carbocycles. The van der Waals surface area contributed by atoms with Crippen LogP contribution in [0.15, 0.2) is 23.0 Å². The summed E-state index contributed by atoms with van der Waals surface area (Å²) in [5.41, 5.74) is 2.59. The minimum Gasteiger partial charge on any atom is -0.310 e. The van der Waals surface area contributed by atoms with Crippen LogP contribution in [-0.2, 0) is 25.9 Å². The van der Waals surface area contributed by atoms with Crippen LogP contribution in [0.4, 0.5) is 4.39 Å². The topological polar surface area (TPSA) is 49.0 Å². The SMILES string of the molecule is CCCc1nc2c(c(=O)[nH]1)CCN(Cc1ccc(F)c(Cl)c1)C2. The van der Waals surface area contributed by atoms with E-state index in [1.54, 1.807) is 12.1 Å². The third kappa shape index (κ3) is 3.62. The number of aryl methyl sites for hydroxylation is 1. The molecule has 23 heavy (non-hydrogen) atoms. The highest BCUT2D eigenvalue weighted by molar-refractivity contribution is 6.30. The van der Waals surface area contributed by atoms with Crippen molar-refractivity contribution in [2.75, 3.05) is 6.54 Å². The second-order valence-corrected chi connectivity index (χ2v) is 6.30. The summed E-state index contributed by atoms with van der Waals surface area (Å²) in [4.78, 5) is 21.8. The lowest BCUT2D eigenvalue weighted by atomic mass is 10.1. The molecule has 1 aromatic heterocycles. The molecule has 0 aliphatic carbocycles. The van der Waals surface area contributed by atoms with Crippen molar-refractivity contribution in [3.05, 3.63) is 62.0 Å². The van der Waals surface area contributed by atoms with Crippen LogP contribution in [0.3, 0.4) is 0 Å². The van der Waals surface area contributed by atoms with E-state index in [0.29, 0.717) is 19.5 Å². The largest absolute Gasteiger partial charge is 0.310 e. The van der Waals surface area contributed by atoms with Crippen molar-refractivity contribution in [3.8, 4) is 0 Å². The summed E-state index contributed by atoms with van der Waals surface area (Å²) in [7, 11) is 0. The maximum absolute atomic E-state index is 13.2. The van der Waals surface area contributed by atoms with Gasteiger partial charge in [0.15, 0.2) is 0 Å². The quantitative estimate of drug-likeness (QED) is 0.934. The zero-order chi connectivity index (χ0) is 16.4. The van der Waals surface area contributed by atoms with Crippen LogP contribution in [0, 0.1) is 5.82 Å². The number of hydrogen-bond donors (Lipinski definition) is 1. The molecule has 0 atom stereocenters. The first-order chi connectivity index (χ1) is 11.1. The molecular formula is C17H19ClFN3O. The van der Waals surface area contributed by atoms with Crippen LogP contribution in [0.5, 0.6) is 0 Å². The number of aromatic amines is 1. The lowest BCUT2D eigenvalue weighted by molar-refractivity contribution is 0.240. The number of nitrogens with one attached hydrogen (secondary N) is 1. The number of fused-ring (bicyclic) bond motifs is 1. The van der Waals surface area contributed by atoms with Crippen molar-refractivity contribution < 1.29 is 4.39 Å². The molecule has 0 fully saturated rings. The first kappa shape index (κ1) is 16.1. The van der Waals surface area contributed by atoms with Gasteiger partial charge in [0, 0.05) is 31.6 Å². The van der Waals surface area contributed by atoms with E-state index < -0.39 is 5.82 Å². The summed E-state index contributed by atoms with van der Waals surface area (Å²) < 4.78 is 13.2. The smallest absolute Gasteiger partial charge is 0.254 e. The molecule has 4 nitrogen and oxygen atoms in total. The van der Waals surface area contributed by atoms with Crippen molar-refractivity contribution in [1.82, 2.24) is 14.9 Å². The van der Waals surface area contributed by atoms with Crippen molar-refractivity contribution in [1.29, 1.82) is 0 Å². The molecule has 0 spiro atoms. The third-order valence-corrected chi connectivity index (χ3v) is 4.37. The van der Waals surface area contributed by atoms with Crippen LogP contribution < -0.4 is 5.56 Å². The predicted octanol–water partition coefficient (Wildman–Crippen LogP) is 3.07. The lowest BCUT2D eigenvalue weighted by Crippen LogP contribution is -2.35. The molecule has 0 unspecified atom stereocenters. The number of aromatic nitrogens is 2. The average molecular weight is 336 g/mol. The van der Waals surface area contributed by atoms with Crippen molar-refractivity contribution in [3.63, 3.8) is 0 Å². The average Bonchev–Trinajstić information content (AvgIpc) is 2.51. The van der Waals surface area contributed by atoms with E-state index in [2.05, 4.69) is 21.8 Å². The Morgan fingerprint density at radius 1 is 1.43 bits per heavy atom. The lowest BCUT2D eigenvalue weighted by Gasteiger charge is -2.27. The van der Waals surface area contributed by atoms with E-state index in [0.717, 1.165) is 42.0 Å². The molecule has 1 N–H and O–H groups in total. The van der Waals surface area contributed by atoms with E-state index in [9.17, 15) is 9.18 Å². The monoisotopic (exact) mass is 335 g/mol. The van der Waals surface area contributed by atoms with Crippen LogP contribution >= 0.6 is 11.6 Å². The second kappa shape index (κ2) is 6.81. The first-order valence-corrected chi connectivity index (χ1v) is 8.22. The Balaban J connectivity index is 1.79. The highest BCUT2D eigenvalue weighted by atomic mass is 35.5. The van der Waals surface area contributed by atoms with Crippen LogP contribution in [0.2, 0.25) is 5.02 Å². The fraction of sp³-hybridized carbons (Fsp3) is 0.412. The molecule has 0 amide bonds. The Hall–Kier alpha value is -1.72. The Morgan fingerprint density at radius 2 is 2.26 bits per heavy atom. The Morgan fingerprint density at radius 3 is 3.00 bits per heavy atom. The number of halogens is 2. The number of hydrogen-bond acceptors (Lipinski definition) is 3. The zero-order valence-electron chi connectivity index (χ0n) is 13.0. The summed E-state index contributed by atoms with van der Waals surface area (Å²) in [5, 5.41) is 0.139. The van der Waals surface area contributed by atoms with Gasteiger partial charge >= 0.3 is 0 Å². The van der Waals surface area contributed by atoms with Gasteiger partial charge in [0.2, 0.25) is 0 Å². The van der Waals surface area contributed by atoms with Crippen molar-refractivity contribution in [2.45, 2.75) is 39.3 Å². The summed E-state index contributed by atoms with van der Waals surface area (Å²) in [6, 6.07) is 4.78. The fourth-order valence-electron chi connectivity index (χ4n) is 2.93. The molecule has 3 rings (SSSR count). The molecule has 6 heteroatoms. The summed E-state index contributed by atoms with van der Waals surface area (Å²) in [6.45, 7) is 4.13. The van der Waals surface area contributed by atoms with Gasteiger partial charge in [-0.1, -0.05) is 24.6 Å². The summed E-state index contributed by atoms with van der Waals surface area (Å²) in [5.74, 6) is 0.347. The minimum atomic E-state index is -0.406. The Kier molecular flexibility index (Phi) is 4.78. The van der Waals surface area contributed by atoms with Gasteiger partial charge in [0.1, 0.15) is 11.6 Å². The number of rotatable bonds is 4. The molecule has 0 bridgehead atoms. The van der Waals surface area contributed by atoms with E-state index in [1.165, 1.54) is 6.07 Å². The van der Waals surface area contributed by atoms with Gasteiger partial charge in [-0.25, -0.2) is 9.37 Å². The molecule has 1 aliphatic rings.